The Balaban J connectivity index is 1.65. The molecule has 1 aliphatic heterocycles. The summed E-state index contributed by atoms with van der Waals surface area (Å²) in [4.78, 5) is 3.89. The summed E-state index contributed by atoms with van der Waals surface area (Å²) >= 11 is 3.51. The van der Waals surface area contributed by atoms with E-state index in [2.05, 4.69) is 26.9 Å². The third-order valence-corrected chi connectivity index (χ3v) is 5.30. The molecule has 25 heavy (non-hydrogen) atoms. The van der Waals surface area contributed by atoms with Crippen LogP contribution in [0.5, 0.6) is 17.2 Å². The van der Waals surface area contributed by atoms with Crippen molar-refractivity contribution >= 4 is 21.6 Å². The molecule has 0 amide bonds. The van der Waals surface area contributed by atoms with Gasteiger partial charge in [0, 0.05) is 5.69 Å². The molecule has 1 fully saturated rings. The Bertz CT molecular complexity index is 713. The van der Waals surface area contributed by atoms with Gasteiger partial charge in [-0.25, -0.2) is 0 Å². The molecule has 5 nitrogen and oxygen atoms in total. The maximum Gasteiger partial charge on any atom is 0.133 e. The number of phenols is 1. The van der Waals surface area contributed by atoms with Crippen LogP contribution in [0.4, 0.5) is 5.69 Å². The highest BCUT2D eigenvalue weighted by Gasteiger charge is 2.22. The molecule has 1 saturated heterocycles. The number of ether oxygens (including phenoxy) is 2. The van der Waals surface area contributed by atoms with E-state index >= 15 is 0 Å². The number of rotatable bonds is 5. The molecule has 1 heterocycles. The van der Waals surface area contributed by atoms with Crippen LogP contribution >= 0.6 is 15.9 Å². The van der Waals surface area contributed by atoms with Crippen LogP contribution in [0.15, 0.2) is 40.9 Å². The predicted octanol–water partition coefficient (Wildman–Crippen LogP) is 2.08. The second-order valence-electron chi connectivity index (χ2n) is 6.23. The zero-order valence-electron chi connectivity index (χ0n) is 14.6. The van der Waals surface area contributed by atoms with Crippen molar-refractivity contribution in [2.75, 3.05) is 45.3 Å². The van der Waals surface area contributed by atoms with Crippen molar-refractivity contribution in [3.05, 3.63) is 46.4 Å². The normalized spacial score (nSPS) is 15.2. The summed E-state index contributed by atoms with van der Waals surface area (Å²) in [6.45, 7) is 5.02. The molecule has 0 bridgehead atoms. The Labute approximate surface area is 156 Å². The molecular formula is C19H24BrN2O3+. The first kappa shape index (κ1) is 17.9. The summed E-state index contributed by atoms with van der Waals surface area (Å²) in [5.74, 6) is 2.03. The van der Waals surface area contributed by atoms with Crippen LogP contribution in [-0.2, 0) is 6.54 Å². The van der Waals surface area contributed by atoms with Crippen LogP contribution < -0.4 is 19.3 Å². The number of phenolic OH excluding ortho intramolecular Hbond substituents is 1. The Morgan fingerprint density at radius 3 is 2.28 bits per heavy atom. The van der Waals surface area contributed by atoms with Crippen LogP contribution in [0.3, 0.4) is 0 Å². The largest absolute Gasteiger partial charge is 0.508 e. The summed E-state index contributed by atoms with van der Waals surface area (Å²) in [5.41, 5.74) is 2.33. The van der Waals surface area contributed by atoms with Gasteiger partial charge in [0.25, 0.3) is 0 Å². The molecule has 0 aromatic heterocycles. The summed E-state index contributed by atoms with van der Waals surface area (Å²) in [5, 5.41) is 9.42. The van der Waals surface area contributed by atoms with E-state index in [0.29, 0.717) is 5.75 Å². The average molecular weight is 408 g/mol. The van der Waals surface area contributed by atoms with Gasteiger partial charge >= 0.3 is 0 Å². The lowest BCUT2D eigenvalue weighted by atomic mass is 10.1. The SMILES string of the molecule is COc1cc(C[NH+]2CCN(c3ccc(O)cc3)CC2)c(OC)cc1Br. The van der Waals surface area contributed by atoms with E-state index in [4.69, 9.17) is 9.47 Å². The van der Waals surface area contributed by atoms with Gasteiger partial charge in [-0.05, 0) is 52.3 Å². The van der Waals surface area contributed by atoms with Gasteiger partial charge in [0.05, 0.1) is 50.4 Å². The Morgan fingerprint density at radius 2 is 1.68 bits per heavy atom. The molecule has 2 aromatic rings. The number of hydrogen-bond donors (Lipinski definition) is 2. The van der Waals surface area contributed by atoms with Gasteiger partial charge in [-0.15, -0.1) is 0 Å². The minimum absolute atomic E-state index is 0.310. The number of nitrogens with zero attached hydrogens (tertiary/aromatic N) is 1. The Morgan fingerprint density at radius 1 is 1.04 bits per heavy atom. The lowest BCUT2D eigenvalue weighted by Crippen LogP contribution is -3.13. The van der Waals surface area contributed by atoms with Gasteiger partial charge in [0.2, 0.25) is 0 Å². The van der Waals surface area contributed by atoms with Crippen LogP contribution in [0, 0.1) is 0 Å². The average Bonchev–Trinajstić information content (AvgIpc) is 2.64. The smallest absolute Gasteiger partial charge is 0.133 e. The van der Waals surface area contributed by atoms with Gasteiger partial charge in [0.15, 0.2) is 0 Å². The van der Waals surface area contributed by atoms with Crippen LogP contribution in [0.1, 0.15) is 5.56 Å². The van der Waals surface area contributed by atoms with Crippen molar-refractivity contribution in [3.8, 4) is 17.2 Å². The molecule has 0 unspecified atom stereocenters. The van der Waals surface area contributed by atoms with Crippen LogP contribution in [0.2, 0.25) is 0 Å². The number of anilines is 1. The molecule has 134 valence electrons. The topological polar surface area (TPSA) is 46.4 Å². The van der Waals surface area contributed by atoms with E-state index < -0.39 is 0 Å². The second-order valence-corrected chi connectivity index (χ2v) is 7.08. The van der Waals surface area contributed by atoms with E-state index in [1.54, 1.807) is 26.4 Å². The lowest BCUT2D eigenvalue weighted by Gasteiger charge is -2.34. The van der Waals surface area contributed by atoms with Crippen molar-refractivity contribution in [2.45, 2.75) is 6.54 Å². The standard InChI is InChI=1S/C19H23BrN2O3/c1-24-18-12-17(20)19(25-2)11-14(18)13-21-7-9-22(10-8-21)15-3-5-16(23)6-4-15/h3-6,11-12,23H,7-10,13H2,1-2H3/p+1. The molecular weight excluding hydrogens is 384 g/mol. The zero-order chi connectivity index (χ0) is 17.8. The highest BCUT2D eigenvalue weighted by molar-refractivity contribution is 9.10. The fourth-order valence-electron chi connectivity index (χ4n) is 3.25. The van der Waals surface area contributed by atoms with Gasteiger partial charge in [-0.1, -0.05) is 0 Å². The number of piperazine rings is 1. The first-order valence-electron chi connectivity index (χ1n) is 8.38. The van der Waals surface area contributed by atoms with Gasteiger partial charge in [0.1, 0.15) is 23.8 Å². The number of benzene rings is 2. The lowest BCUT2D eigenvalue weighted by molar-refractivity contribution is -0.914. The van der Waals surface area contributed by atoms with E-state index in [1.165, 1.54) is 10.6 Å². The van der Waals surface area contributed by atoms with Gasteiger partial charge in [-0.2, -0.15) is 0 Å². The minimum atomic E-state index is 0.310. The number of nitrogens with one attached hydrogen (secondary N) is 1. The number of methoxy groups -OCH3 is 2. The highest BCUT2D eigenvalue weighted by Crippen LogP contribution is 2.32. The number of halogens is 1. The van der Waals surface area contributed by atoms with E-state index in [-0.39, 0.29) is 0 Å². The van der Waals surface area contributed by atoms with E-state index in [1.807, 2.05) is 18.2 Å². The van der Waals surface area contributed by atoms with E-state index in [9.17, 15) is 5.11 Å². The third kappa shape index (κ3) is 4.19. The molecule has 0 radical (unpaired) electrons. The Hall–Kier alpha value is -1.92. The first-order valence-corrected chi connectivity index (χ1v) is 9.18. The zero-order valence-corrected chi connectivity index (χ0v) is 16.2. The molecule has 0 saturated carbocycles. The van der Waals surface area contributed by atoms with E-state index in [0.717, 1.165) is 54.3 Å². The second kappa shape index (κ2) is 7.97. The summed E-state index contributed by atoms with van der Waals surface area (Å²) in [6.07, 6.45) is 0. The van der Waals surface area contributed by atoms with Crippen molar-refractivity contribution in [1.82, 2.24) is 0 Å². The molecule has 1 aliphatic rings. The van der Waals surface area contributed by atoms with Gasteiger partial charge in [-0.3, -0.25) is 0 Å². The van der Waals surface area contributed by atoms with Gasteiger partial charge < -0.3 is 24.4 Å². The van der Waals surface area contributed by atoms with Crippen molar-refractivity contribution in [3.63, 3.8) is 0 Å². The molecule has 2 aromatic carbocycles. The first-order chi connectivity index (χ1) is 12.1. The number of hydrogen-bond acceptors (Lipinski definition) is 4. The van der Waals surface area contributed by atoms with Crippen molar-refractivity contribution in [1.29, 1.82) is 0 Å². The molecule has 0 aliphatic carbocycles. The quantitative estimate of drug-likeness (QED) is 0.796. The summed E-state index contributed by atoms with van der Waals surface area (Å²) < 4.78 is 11.9. The molecule has 3 rings (SSSR count). The fourth-order valence-corrected chi connectivity index (χ4v) is 3.74. The predicted molar refractivity (Wildman–Crippen MR) is 102 cm³/mol. The Kier molecular flexibility index (Phi) is 5.71. The molecule has 0 spiro atoms. The molecule has 2 N–H and O–H groups in total. The fraction of sp³-hybridized carbons (Fsp3) is 0.368. The van der Waals surface area contributed by atoms with Crippen LogP contribution in [-0.4, -0.2) is 45.5 Å². The van der Waals surface area contributed by atoms with Crippen LogP contribution in [0.25, 0.3) is 0 Å². The highest BCUT2D eigenvalue weighted by atomic mass is 79.9. The summed E-state index contributed by atoms with van der Waals surface area (Å²) in [6, 6.07) is 11.5. The molecule has 0 atom stereocenters. The van der Waals surface area contributed by atoms with Crippen molar-refractivity contribution in [2.24, 2.45) is 0 Å². The van der Waals surface area contributed by atoms with Crippen molar-refractivity contribution < 1.29 is 19.5 Å². The number of quaternary nitrogens is 1. The molecule has 6 heteroatoms. The monoisotopic (exact) mass is 407 g/mol. The summed E-state index contributed by atoms with van der Waals surface area (Å²) in [7, 11) is 3.38. The third-order valence-electron chi connectivity index (χ3n) is 4.68. The number of aromatic hydroxyl groups is 1. The maximum absolute atomic E-state index is 9.42. The maximum atomic E-state index is 9.42. The minimum Gasteiger partial charge on any atom is -0.508 e.